The van der Waals surface area contributed by atoms with E-state index in [0.29, 0.717) is 16.2 Å². The van der Waals surface area contributed by atoms with Gasteiger partial charge >= 0.3 is 0 Å². The Bertz CT molecular complexity index is 473. The minimum atomic E-state index is -3.81. The van der Waals surface area contributed by atoms with E-state index in [2.05, 4.69) is 21.2 Å². The number of hydrogen-bond donors (Lipinski definition) is 0. The minimum Gasteiger partial charge on any atom is -0.200 e. The van der Waals surface area contributed by atoms with E-state index in [1.807, 2.05) is 6.92 Å². The molecular weight excluding hydrogens is 308 g/mol. The van der Waals surface area contributed by atoms with Crippen molar-refractivity contribution in [2.75, 3.05) is 11.9 Å². The minimum absolute atomic E-state index is 0.0744. The third-order valence-electron chi connectivity index (χ3n) is 2.17. The molecule has 0 heterocycles. The first-order chi connectivity index (χ1) is 8.02. The van der Waals surface area contributed by atoms with Gasteiger partial charge in [0.25, 0.3) is 10.0 Å². The normalized spacial score (nSPS) is 11.2. The van der Waals surface area contributed by atoms with Gasteiger partial charge in [0.1, 0.15) is 0 Å². The van der Waals surface area contributed by atoms with Gasteiger partial charge < -0.3 is 0 Å². The van der Waals surface area contributed by atoms with E-state index in [1.54, 1.807) is 12.1 Å². The molecule has 0 atom stereocenters. The van der Waals surface area contributed by atoms with Gasteiger partial charge in [-0.3, -0.25) is 0 Å². The summed E-state index contributed by atoms with van der Waals surface area (Å²) in [4.78, 5) is 10.7. The number of aryl methyl sites for hydroxylation is 1. The van der Waals surface area contributed by atoms with Gasteiger partial charge in [0, 0.05) is 5.33 Å². The molecule has 17 heavy (non-hydrogen) atoms. The zero-order valence-corrected chi connectivity index (χ0v) is 11.7. The zero-order chi connectivity index (χ0) is 12.9. The van der Waals surface area contributed by atoms with Crippen LogP contribution < -0.4 is 0 Å². The van der Waals surface area contributed by atoms with Gasteiger partial charge in [-0.25, -0.2) is 0 Å². The van der Waals surface area contributed by atoms with Crippen molar-refractivity contribution in [2.24, 2.45) is 5.29 Å². The molecule has 0 aliphatic rings. The highest BCUT2D eigenvalue weighted by atomic mass is 79.9. The average molecular weight is 321 g/mol. The van der Waals surface area contributed by atoms with Crippen molar-refractivity contribution in [1.82, 2.24) is 4.41 Å². The number of hydrogen-bond acceptors (Lipinski definition) is 4. The molecule has 1 aromatic carbocycles. The number of nitrogens with zero attached hydrogens (tertiary/aromatic N) is 2. The Morgan fingerprint density at radius 1 is 1.29 bits per heavy atom. The monoisotopic (exact) mass is 320 g/mol. The first-order valence-electron chi connectivity index (χ1n) is 5.01. The Morgan fingerprint density at radius 3 is 2.35 bits per heavy atom. The van der Waals surface area contributed by atoms with Crippen LogP contribution in [0.2, 0.25) is 0 Å². The Morgan fingerprint density at radius 2 is 1.88 bits per heavy atom. The van der Waals surface area contributed by atoms with Crippen LogP contribution in [0.4, 0.5) is 0 Å². The average Bonchev–Trinajstić information content (AvgIpc) is 2.30. The number of sulfonamides is 1. The van der Waals surface area contributed by atoms with Crippen LogP contribution in [0, 0.1) is 11.8 Å². The van der Waals surface area contributed by atoms with Gasteiger partial charge in [-0.15, -0.1) is 4.91 Å². The Balaban J connectivity index is 2.99. The Labute approximate surface area is 109 Å². The second kappa shape index (κ2) is 6.11. The van der Waals surface area contributed by atoms with Crippen molar-refractivity contribution >= 4 is 26.0 Å². The van der Waals surface area contributed by atoms with Crippen molar-refractivity contribution in [1.29, 1.82) is 0 Å². The fraction of sp³-hybridized carbons (Fsp3) is 0.400. The van der Waals surface area contributed by atoms with E-state index in [4.69, 9.17) is 0 Å². The summed E-state index contributed by atoms with van der Waals surface area (Å²) in [7, 11) is -3.81. The van der Waals surface area contributed by atoms with Crippen LogP contribution in [0.15, 0.2) is 34.4 Å². The van der Waals surface area contributed by atoms with E-state index >= 15 is 0 Å². The SMILES string of the molecule is Cc1ccc(S(=O)(=O)N(CCCBr)N=O)cc1. The number of alkyl halides is 1. The van der Waals surface area contributed by atoms with Crippen LogP contribution in [-0.2, 0) is 10.0 Å². The molecule has 0 bridgehead atoms. The van der Waals surface area contributed by atoms with E-state index in [1.165, 1.54) is 12.1 Å². The molecule has 0 aliphatic carbocycles. The molecule has 0 N–H and O–H groups in total. The molecule has 94 valence electrons. The summed E-state index contributed by atoms with van der Waals surface area (Å²) in [6, 6.07) is 6.30. The van der Waals surface area contributed by atoms with Crippen molar-refractivity contribution in [3.8, 4) is 0 Å². The molecule has 0 saturated heterocycles. The standard InChI is InChI=1S/C10H13BrN2O3S/c1-9-3-5-10(6-4-9)17(15,16)13(12-14)8-2-7-11/h3-6H,2,7-8H2,1H3. The molecule has 0 saturated carbocycles. The summed E-state index contributed by atoms with van der Waals surface area (Å²) in [5.41, 5.74) is 0.954. The molecule has 7 heteroatoms. The molecule has 0 spiro atoms. The van der Waals surface area contributed by atoms with Crippen LogP contribution in [0.5, 0.6) is 0 Å². The maximum Gasteiger partial charge on any atom is 0.281 e. The number of benzene rings is 1. The lowest BCUT2D eigenvalue weighted by atomic mass is 10.2. The van der Waals surface area contributed by atoms with Crippen LogP contribution in [-0.4, -0.2) is 24.7 Å². The quantitative estimate of drug-likeness (QED) is 0.459. The van der Waals surface area contributed by atoms with Crippen LogP contribution in [0.25, 0.3) is 0 Å². The van der Waals surface area contributed by atoms with Gasteiger partial charge in [-0.1, -0.05) is 33.6 Å². The highest BCUT2D eigenvalue weighted by Crippen LogP contribution is 2.17. The summed E-state index contributed by atoms with van der Waals surface area (Å²) < 4.78 is 24.6. The fourth-order valence-electron chi connectivity index (χ4n) is 1.23. The number of halogens is 1. The van der Waals surface area contributed by atoms with Gasteiger partial charge in [-0.05, 0) is 25.5 Å². The first-order valence-corrected chi connectivity index (χ1v) is 7.57. The predicted molar refractivity (Wildman–Crippen MR) is 69.3 cm³/mol. The summed E-state index contributed by atoms with van der Waals surface area (Å²) in [5.74, 6) is 0. The van der Waals surface area contributed by atoms with Crippen molar-refractivity contribution in [3.63, 3.8) is 0 Å². The third-order valence-corrected chi connectivity index (χ3v) is 4.40. The number of rotatable bonds is 6. The fourth-order valence-corrected chi connectivity index (χ4v) is 2.66. The third kappa shape index (κ3) is 3.50. The maximum absolute atomic E-state index is 12.0. The van der Waals surface area contributed by atoms with Gasteiger partial charge in [0.2, 0.25) is 0 Å². The maximum atomic E-state index is 12.0. The molecule has 0 aliphatic heterocycles. The molecule has 0 aromatic heterocycles. The summed E-state index contributed by atoms with van der Waals surface area (Å²) in [6.07, 6.45) is 0.525. The molecule has 0 amide bonds. The van der Waals surface area contributed by atoms with E-state index in [-0.39, 0.29) is 11.4 Å². The van der Waals surface area contributed by atoms with E-state index < -0.39 is 10.0 Å². The summed E-state index contributed by atoms with van der Waals surface area (Å²) >= 11 is 3.17. The smallest absolute Gasteiger partial charge is 0.200 e. The van der Waals surface area contributed by atoms with E-state index in [9.17, 15) is 13.3 Å². The topological polar surface area (TPSA) is 66.8 Å². The highest BCUT2D eigenvalue weighted by Gasteiger charge is 2.23. The molecule has 0 radical (unpaired) electrons. The van der Waals surface area contributed by atoms with Crippen LogP contribution in [0.1, 0.15) is 12.0 Å². The van der Waals surface area contributed by atoms with Crippen LogP contribution in [0.3, 0.4) is 0 Å². The number of nitroso groups, excluding NO2 is 1. The second-order valence-corrected chi connectivity index (χ2v) is 6.12. The largest absolute Gasteiger partial charge is 0.281 e. The van der Waals surface area contributed by atoms with Gasteiger partial charge in [0.15, 0.2) is 0 Å². The van der Waals surface area contributed by atoms with Crippen molar-refractivity contribution in [3.05, 3.63) is 34.7 Å². The van der Waals surface area contributed by atoms with Gasteiger partial charge in [-0.2, -0.15) is 12.8 Å². The van der Waals surface area contributed by atoms with Crippen molar-refractivity contribution < 1.29 is 8.42 Å². The Kier molecular flexibility index (Phi) is 5.07. The molecular formula is C10H13BrN2O3S. The molecule has 5 nitrogen and oxygen atoms in total. The van der Waals surface area contributed by atoms with Gasteiger partial charge in [0.05, 0.1) is 16.7 Å². The lowest BCUT2D eigenvalue weighted by molar-refractivity contribution is 0.427. The molecule has 0 unspecified atom stereocenters. The molecule has 1 aromatic rings. The van der Waals surface area contributed by atoms with Crippen LogP contribution >= 0.6 is 15.9 Å². The molecule has 0 fully saturated rings. The zero-order valence-electron chi connectivity index (χ0n) is 9.34. The highest BCUT2D eigenvalue weighted by molar-refractivity contribution is 9.09. The summed E-state index contributed by atoms with van der Waals surface area (Å²) in [5, 5.41) is 3.18. The molecule has 1 rings (SSSR count). The lowest BCUT2D eigenvalue weighted by Crippen LogP contribution is -2.26. The Hall–Kier alpha value is -0.950. The van der Waals surface area contributed by atoms with Crippen molar-refractivity contribution in [2.45, 2.75) is 18.2 Å². The predicted octanol–water partition coefficient (Wildman–Crippen LogP) is 2.45. The lowest BCUT2D eigenvalue weighted by Gasteiger charge is -2.14. The van der Waals surface area contributed by atoms with E-state index in [0.717, 1.165) is 5.56 Å². The first kappa shape index (κ1) is 14.1. The summed E-state index contributed by atoms with van der Waals surface area (Å²) in [6.45, 7) is 1.93. The second-order valence-electron chi connectivity index (χ2n) is 3.49.